The lowest BCUT2D eigenvalue weighted by atomic mass is 9.86. The maximum Gasteiger partial charge on any atom is 0.323 e. The summed E-state index contributed by atoms with van der Waals surface area (Å²) >= 11 is 0. The molecule has 0 aliphatic rings. The standard InChI is InChI=1S/C11H20N2O3/c1-5-6-13(7-8(14)15)10(16)9(12)11(2,3)4/h5,9H,1,6-7,12H2,2-4H3,(H,14,15). The zero-order valence-corrected chi connectivity index (χ0v) is 10.1. The van der Waals surface area contributed by atoms with Crippen molar-refractivity contribution in [2.45, 2.75) is 26.8 Å². The van der Waals surface area contributed by atoms with Gasteiger partial charge in [-0.1, -0.05) is 26.8 Å². The lowest BCUT2D eigenvalue weighted by molar-refractivity contribution is -0.145. The summed E-state index contributed by atoms with van der Waals surface area (Å²) in [5.74, 6) is -1.42. The fourth-order valence-electron chi connectivity index (χ4n) is 1.12. The number of carboxylic acid groups (broad SMARTS) is 1. The maximum absolute atomic E-state index is 11.9. The number of rotatable bonds is 5. The number of amides is 1. The van der Waals surface area contributed by atoms with E-state index in [0.29, 0.717) is 0 Å². The molecule has 16 heavy (non-hydrogen) atoms. The van der Waals surface area contributed by atoms with Gasteiger partial charge in [0.25, 0.3) is 0 Å². The molecule has 0 spiro atoms. The number of nitrogens with zero attached hydrogens (tertiary/aromatic N) is 1. The average molecular weight is 228 g/mol. The monoisotopic (exact) mass is 228 g/mol. The predicted octanol–water partition coefficient (Wildman–Crippen LogP) is 0.459. The minimum absolute atomic E-state index is 0.189. The first-order chi connectivity index (χ1) is 7.20. The molecule has 5 heteroatoms. The molecule has 0 saturated heterocycles. The zero-order valence-electron chi connectivity index (χ0n) is 10.1. The van der Waals surface area contributed by atoms with Gasteiger partial charge in [-0.05, 0) is 5.41 Å². The molecule has 0 aromatic carbocycles. The highest BCUT2D eigenvalue weighted by Crippen LogP contribution is 2.19. The van der Waals surface area contributed by atoms with Gasteiger partial charge in [-0.25, -0.2) is 0 Å². The summed E-state index contributed by atoms with van der Waals surface area (Å²) in [5.41, 5.74) is 5.39. The fraction of sp³-hybridized carbons (Fsp3) is 0.636. The van der Waals surface area contributed by atoms with Crippen LogP contribution in [-0.4, -0.2) is 41.0 Å². The van der Waals surface area contributed by atoms with Crippen molar-refractivity contribution >= 4 is 11.9 Å². The molecular formula is C11H20N2O3. The highest BCUT2D eigenvalue weighted by atomic mass is 16.4. The van der Waals surface area contributed by atoms with Crippen molar-refractivity contribution in [2.24, 2.45) is 11.1 Å². The second kappa shape index (κ2) is 5.65. The number of nitrogens with two attached hydrogens (primary N) is 1. The molecule has 0 radical (unpaired) electrons. The van der Waals surface area contributed by atoms with Crippen LogP contribution in [0.4, 0.5) is 0 Å². The SMILES string of the molecule is C=CCN(CC(=O)O)C(=O)C(N)C(C)(C)C. The Kier molecular flexibility index (Phi) is 5.17. The topological polar surface area (TPSA) is 83.6 Å². The molecule has 0 rings (SSSR count). The first-order valence-electron chi connectivity index (χ1n) is 5.07. The number of hydrogen-bond donors (Lipinski definition) is 2. The summed E-state index contributed by atoms with van der Waals surface area (Å²) in [5, 5.41) is 8.67. The zero-order chi connectivity index (χ0) is 12.9. The molecule has 0 fully saturated rings. The van der Waals surface area contributed by atoms with E-state index in [4.69, 9.17) is 10.8 Å². The molecule has 0 saturated carbocycles. The van der Waals surface area contributed by atoms with Crippen LogP contribution in [0.5, 0.6) is 0 Å². The minimum Gasteiger partial charge on any atom is -0.480 e. The molecule has 0 aliphatic heterocycles. The van der Waals surface area contributed by atoms with Crippen LogP contribution < -0.4 is 5.73 Å². The molecule has 1 atom stereocenters. The highest BCUT2D eigenvalue weighted by molar-refractivity contribution is 5.85. The molecular weight excluding hydrogens is 208 g/mol. The maximum atomic E-state index is 11.9. The quantitative estimate of drug-likeness (QED) is 0.669. The molecule has 0 aromatic heterocycles. The smallest absolute Gasteiger partial charge is 0.323 e. The van der Waals surface area contributed by atoms with Gasteiger partial charge in [0.05, 0.1) is 6.04 Å². The van der Waals surface area contributed by atoms with Crippen molar-refractivity contribution in [3.63, 3.8) is 0 Å². The Morgan fingerprint density at radius 1 is 1.50 bits per heavy atom. The third kappa shape index (κ3) is 4.44. The van der Waals surface area contributed by atoms with E-state index in [1.165, 1.54) is 11.0 Å². The molecule has 1 amide bonds. The van der Waals surface area contributed by atoms with Crippen molar-refractivity contribution in [3.05, 3.63) is 12.7 Å². The van der Waals surface area contributed by atoms with E-state index in [0.717, 1.165) is 0 Å². The van der Waals surface area contributed by atoms with Crippen LogP contribution in [0, 0.1) is 5.41 Å². The number of hydrogen-bond acceptors (Lipinski definition) is 3. The first-order valence-corrected chi connectivity index (χ1v) is 5.07. The van der Waals surface area contributed by atoms with Crippen LogP contribution >= 0.6 is 0 Å². The summed E-state index contributed by atoms with van der Waals surface area (Å²) in [4.78, 5) is 23.7. The molecule has 0 aromatic rings. The van der Waals surface area contributed by atoms with Gasteiger partial charge in [0.2, 0.25) is 5.91 Å². The van der Waals surface area contributed by atoms with Gasteiger partial charge in [0.15, 0.2) is 0 Å². The van der Waals surface area contributed by atoms with Crippen LogP contribution in [0.1, 0.15) is 20.8 Å². The fourth-order valence-corrected chi connectivity index (χ4v) is 1.12. The number of aliphatic carboxylic acids is 1. The van der Waals surface area contributed by atoms with Gasteiger partial charge in [0.1, 0.15) is 6.54 Å². The summed E-state index contributed by atoms with van der Waals surface area (Å²) in [7, 11) is 0. The number of carbonyl (C=O) groups is 2. The van der Waals surface area contributed by atoms with E-state index in [1.807, 2.05) is 20.8 Å². The summed E-state index contributed by atoms with van der Waals surface area (Å²) in [6.07, 6.45) is 1.48. The third-order valence-electron chi connectivity index (χ3n) is 2.19. The van der Waals surface area contributed by atoms with Crippen LogP contribution in [0.3, 0.4) is 0 Å². The van der Waals surface area contributed by atoms with Crippen LogP contribution in [-0.2, 0) is 9.59 Å². The molecule has 0 heterocycles. The largest absolute Gasteiger partial charge is 0.480 e. The third-order valence-corrected chi connectivity index (χ3v) is 2.19. The molecule has 3 N–H and O–H groups in total. The number of carbonyl (C=O) groups excluding carboxylic acids is 1. The van der Waals surface area contributed by atoms with E-state index in [1.54, 1.807) is 0 Å². The molecule has 0 aliphatic carbocycles. The molecule has 5 nitrogen and oxygen atoms in total. The Bertz CT molecular complexity index is 281. The minimum atomic E-state index is -1.06. The van der Waals surface area contributed by atoms with E-state index >= 15 is 0 Å². The van der Waals surface area contributed by atoms with Gasteiger partial charge in [-0.2, -0.15) is 0 Å². The van der Waals surface area contributed by atoms with Crippen molar-refractivity contribution in [1.82, 2.24) is 4.90 Å². The Morgan fingerprint density at radius 2 is 2.00 bits per heavy atom. The normalized spacial score (nSPS) is 13.0. The average Bonchev–Trinajstić information content (AvgIpc) is 2.12. The summed E-state index contributed by atoms with van der Waals surface area (Å²) in [6.45, 7) is 8.83. The van der Waals surface area contributed by atoms with Crippen molar-refractivity contribution < 1.29 is 14.7 Å². The van der Waals surface area contributed by atoms with E-state index in [9.17, 15) is 9.59 Å². The highest BCUT2D eigenvalue weighted by Gasteiger charge is 2.31. The van der Waals surface area contributed by atoms with Crippen LogP contribution in [0.15, 0.2) is 12.7 Å². The van der Waals surface area contributed by atoms with Crippen LogP contribution in [0.2, 0.25) is 0 Å². The predicted molar refractivity (Wildman–Crippen MR) is 61.8 cm³/mol. The summed E-state index contributed by atoms with van der Waals surface area (Å²) < 4.78 is 0. The molecule has 1 unspecified atom stereocenters. The van der Waals surface area contributed by atoms with Gasteiger partial charge in [-0.3, -0.25) is 9.59 Å². The Hall–Kier alpha value is -1.36. The number of carboxylic acids is 1. The van der Waals surface area contributed by atoms with Gasteiger partial charge in [-0.15, -0.1) is 6.58 Å². The second-order valence-corrected chi connectivity index (χ2v) is 4.74. The van der Waals surface area contributed by atoms with Gasteiger partial charge < -0.3 is 15.7 Å². The second-order valence-electron chi connectivity index (χ2n) is 4.74. The molecule has 0 bridgehead atoms. The van der Waals surface area contributed by atoms with Gasteiger partial charge in [0, 0.05) is 6.54 Å². The van der Waals surface area contributed by atoms with E-state index in [-0.39, 0.29) is 19.0 Å². The summed E-state index contributed by atoms with van der Waals surface area (Å²) in [6, 6.07) is -0.716. The van der Waals surface area contributed by atoms with E-state index in [2.05, 4.69) is 6.58 Å². The first kappa shape index (κ1) is 14.6. The lowest BCUT2D eigenvalue weighted by Gasteiger charge is -2.30. The van der Waals surface area contributed by atoms with Crippen molar-refractivity contribution in [1.29, 1.82) is 0 Å². The van der Waals surface area contributed by atoms with Crippen molar-refractivity contribution in [2.75, 3.05) is 13.1 Å². The van der Waals surface area contributed by atoms with E-state index < -0.39 is 17.4 Å². The lowest BCUT2D eigenvalue weighted by Crippen LogP contribution is -2.51. The Labute approximate surface area is 95.9 Å². The Morgan fingerprint density at radius 3 is 2.31 bits per heavy atom. The van der Waals surface area contributed by atoms with Crippen molar-refractivity contribution in [3.8, 4) is 0 Å². The van der Waals surface area contributed by atoms with Crippen LogP contribution in [0.25, 0.3) is 0 Å². The molecule has 92 valence electrons. The Balaban J connectivity index is 4.73. The van der Waals surface area contributed by atoms with Gasteiger partial charge >= 0.3 is 5.97 Å².